The van der Waals surface area contributed by atoms with E-state index < -0.39 is 18.6 Å². The van der Waals surface area contributed by atoms with E-state index in [0.717, 1.165) is 5.69 Å². The van der Waals surface area contributed by atoms with Gasteiger partial charge >= 0.3 is 6.18 Å². The summed E-state index contributed by atoms with van der Waals surface area (Å²) in [6.07, 6.45) is -1.33. The summed E-state index contributed by atoms with van der Waals surface area (Å²) in [7, 11) is 0. The van der Waals surface area contributed by atoms with Gasteiger partial charge in [0, 0.05) is 44.0 Å². The van der Waals surface area contributed by atoms with Gasteiger partial charge in [-0.05, 0) is 56.7 Å². The number of pyridine rings is 2. The van der Waals surface area contributed by atoms with E-state index in [0.29, 0.717) is 46.4 Å². The first-order chi connectivity index (χ1) is 19.9. The van der Waals surface area contributed by atoms with Crippen molar-refractivity contribution >= 4 is 46.9 Å². The fourth-order valence-corrected chi connectivity index (χ4v) is 5.34. The van der Waals surface area contributed by atoms with Crippen molar-refractivity contribution in [3.63, 3.8) is 0 Å². The third-order valence-corrected chi connectivity index (χ3v) is 7.39. The van der Waals surface area contributed by atoms with E-state index in [9.17, 15) is 18.0 Å². The van der Waals surface area contributed by atoms with Crippen LogP contribution in [0.25, 0.3) is 5.65 Å². The quantitative estimate of drug-likeness (QED) is 0.242. The van der Waals surface area contributed by atoms with Crippen LogP contribution in [0.2, 0.25) is 5.02 Å². The molecule has 1 fully saturated rings. The summed E-state index contributed by atoms with van der Waals surface area (Å²) in [5, 5.41) is 3.31. The molecule has 4 heterocycles. The van der Waals surface area contributed by atoms with E-state index in [4.69, 9.17) is 16.3 Å². The molecule has 1 saturated heterocycles. The van der Waals surface area contributed by atoms with E-state index in [-0.39, 0.29) is 42.8 Å². The van der Waals surface area contributed by atoms with Crippen LogP contribution in [0.3, 0.4) is 0 Å². The predicted molar refractivity (Wildman–Crippen MR) is 159 cm³/mol. The van der Waals surface area contributed by atoms with Crippen molar-refractivity contribution in [2.75, 3.05) is 29.5 Å². The smallest absolute Gasteiger partial charge is 0.422 e. The minimum Gasteiger partial charge on any atom is -0.468 e. The van der Waals surface area contributed by atoms with Gasteiger partial charge < -0.3 is 19.9 Å². The first kappa shape index (κ1) is 32.2. The minimum absolute atomic E-state index is 0. The molecule has 3 aromatic heterocycles. The SMILES string of the molecule is Cc1nc2ccc(Cl)cn2c1C(=O)NCc1ccc(N2C[C@H](C)N(c3ccc(OCC(F)(F)F)nc3)C[C@H]2C)c(F)c1.Cl. The molecule has 14 heteroatoms. The number of imidazole rings is 1. The van der Waals surface area contributed by atoms with Gasteiger partial charge in [0.05, 0.1) is 28.3 Å². The summed E-state index contributed by atoms with van der Waals surface area (Å²) in [5.41, 5.74) is 3.31. The van der Waals surface area contributed by atoms with Crippen molar-refractivity contribution < 1.29 is 27.1 Å². The van der Waals surface area contributed by atoms with Crippen molar-refractivity contribution in [2.24, 2.45) is 0 Å². The molecule has 43 heavy (non-hydrogen) atoms. The number of rotatable bonds is 7. The molecule has 1 aromatic carbocycles. The number of hydrogen-bond donors (Lipinski definition) is 1. The standard InChI is InChI=1S/C29H29ClF4N6O2.ClH/c1-17-14-39(18(2)13-38(17)22-6-9-26(35-12-22)42-16-29(32,33)34)24-7-4-20(10-23(24)31)11-36-28(41)27-19(3)37-25-8-5-21(30)15-40(25)27;/h4-10,12,15,17-18H,11,13-14,16H2,1-3H3,(H,36,41);1H/t17-,18+;/m0./s1. The zero-order chi connectivity index (χ0) is 30.2. The van der Waals surface area contributed by atoms with Crippen LogP contribution in [0.5, 0.6) is 5.88 Å². The van der Waals surface area contributed by atoms with Gasteiger partial charge in [-0.25, -0.2) is 14.4 Å². The molecule has 1 N–H and O–H groups in total. The molecule has 5 rings (SSSR count). The Morgan fingerprint density at radius 1 is 1.09 bits per heavy atom. The maximum Gasteiger partial charge on any atom is 0.422 e. The van der Waals surface area contributed by atoms with Crippen LogP contribution >= 0.6 is 24.0 Å². The zero-order valence-electron chi connectivity index (χ0n) is 23.5. The number of halogens is 6. The fraction of sp³-hybridized carbons (Fsp3) is 0.345. The number of carbonyl (C=O) groups excluding carboxylic acids is 1. The van der Waals surface area contributed by atoms with E-state index in [1.54, 1.807) is 47.9 Å². The van der Waals surface area contributed by atoms with Crippen LogP contribution in [0.15, 0.2) is 54.9 Å². The molecular weight excluding hydrogens is 611 g/mol. The number of hydrogen-bond acceptors (Lipinski definition) is 6. The summed E-state index contributed by atoms with van der Waals surface area (Å²) in [6.45, 7) is 5.49. The molecule has 0 aliphatic carbocycles. The molecular formula is C29H30Cl2F4N6O2. The number of aryl methyl sites for hydroxylation is 1. The minimum atomic E-state index is -4.44. The highest BCUT2D eigenvalue weighted by atomic mass is 35.5. The highest BCUT2D eigenvalue weighted by Gasteiger charge is 2.32. The van der Waals surface area contributed by atoms with E-state index in [2.05, 4.69) is 20.2 Å². The number of aromatic nitrogens is 3. The first-order valence-electron chi connectivity index (χ1n) is 13.3. The van der Waals surface area contributed by atoms with Crippen molar-refractivity contribution in [3.8, 4) is 5.88 Å². The molecule has 1 aliphatic rings. The highest BCUT2D eigenvalue weighted by Crippen LogP contribution is 2.30. The van der Waals surface area contributed by atoms with E-state index >= 15 is 4.39 Å². The summed E-state index contributed by atoms with van der Waals surface area (Å²) < 4.78 is 58.9. The van der Waals surface area contributed by atoms with Crippen molar-refractivity contribution in [3.05, 3.63) is 82.6 Å². The van der Waals surface area contributed by atoms with Crippen LogP contribution in [-0.2, 0) is 6.54 Å². The molecule has 2 atom stereocenters. The predicted octanol–water partition coefficient (Wildman–Crippen LogP) is 6.23. The lowest BCUT2D eigenvalue weighted by Gasteiger charge is -2.46. The van der Waals surface area contributed by atoms with Gasteiger partial charge in [-0.3, -0.25) is 9.20 Å². The number of amides is 1. The van der Waals surface area contributed by atoms with Gasteiger partial charge in [0.1, 0.15) is 17.2 Å². The second kappa shape index (κ2) is 12.8. The lowest BCUT2D eigenvalue weighted by molar-refractivity contribution is -0.154. The van der Waals surface area contributed by atoms with Gasteiger partial charge in [-0.1, -0.05) is 17.7 Å². The largest absolute Gasteiger partial charge is 0.468 e. The van der Waals surface area contributed by atoms with Crippen molar-refractivity contribution in [1.82, 2.24) is 19.7 Å². The molecule has 4 aromatic rings. The Balaban J connectivity index is 0.00000423. The Hall–Kier alpha value is -3.77. The number of alkyl halides is 3. The Bertz CT molecular complexity index is 1600. The number of benzene rings is 1. The number of ether oxygens (including phenoxy) is 1. The van der Waals surface area contributed by atoms with Gasteiger partial charge in [-0.15, -0.1) is 12.4 Å². The van der Waals surface area contributed by atoms with Crippen LogP contribution in [0.1, 0.15) is 35.6 Å². The molecule has 0 spiro atoms. The first-order valence-corrected chi connectivity index (χ1v) is 13.7. The van der Waals surface area contributed by atoms with Gasteiger partial charge in [0.25, 0.3) is 5.91 Å². The highest BCUT2D eigenvalue weighted by molar-refractivity contribution is 6.30. The average Bonchev–Trinajstić information content (AvgIpc) is 3.26. The van der Waals surface area contributed by atoms with E-state index in [1.807, 2.05) is 18.7 Å². The molecule has 0 radical (unpaired) electrons. The molecule has 0 bridgehead atoms. The molecule has 1 amide bonds. The molecule has 0 unspecified atom stereocenters. The van der Waals surface area contributed by atoms with Crippen LogP contribution in [-0.4, -0.2) is 58.2 Å². The molecule has 1 aliphatic heterocycles. The van der Waals surface area contributed by atoms with Crippen molar-refractivity contribution in [1.29, 1.82) is 0 Å². The Labute approximate surface area is 257 Å². The maximum absolute atomic E-state index is 15.4. The number of fused-ring (bicyclic) bond motifs is 1. The Kier molecular flexibility index (Phi) is 9.60. The zero-order valence-corrected chi connectivity index (χ0v) is 25.1. The Morgan fingerprint density at radius 2 is 1.81 bits per heavy atom. The maximum atomic E-state index is 15.4. The average molecular weight is 641 g/mol. The summed E-state index contributed by atoms with van der Waals surface area (Å²) in [4.78, 5) is 25.4. The van der Waals surface area contributed by atoms with Gasteiger partial charge in [-0.2, -0.15) is 13.2 Å². The number of anilines is 2. The monoisotopic (exact) mass is 640 g/mol. The molecule has 0 saturated carbocycles. The summed E-state index contributed by atoms with van der Waals surface area (Å²) >= 11 is 6.09. The van der Waals surface area contributed by atoms with Crippen molar-refractivity contribution in [2.45, 2.75) is 45.6 Å². The second-order valence-electron chi connectivity index (χ2n) is 10.4. The van der Waals surface area contributed by atoms with Gasteiger partial charge in [0.2, 0.25) is 5.88 Å². The Morgan fingerprint density at radius 3 is 2.49 bits per heavy atom. The fourth-order valence-electron chi connectivity index (χ4n) is 5.17. The summed E-state index contributed by atoms with van der Waals surface area (Å²) in [5.74, 6) is -0.855. The summed E-state index contributed by atoms with van der Waals surface area (Å²) in [6, 6.07) is 11.3. The topological polar surface area (TPSA) is 75.0 Å². The lowest BCUT2D eigenvalue weighted by Crippen LogP contribution is -2.57. The third-order valence-electron chi connectivity index (χ3n) is 7.17. The third kappa shape index (κ3) is 7.24. The molecule has 230 valence electrons. The number of nitrogens with one attached hydrogen (secondary N) is 1. The number of piperazine rings is 1. The van der Waals surface area contributed by atoms with Gasteiger partial charge in [0.15, 0.2) is 6.61 Å². The van der Waals surface area contributed by atoms with Crippen LogP contribution in [0.4, 0.5) is 28.9 Å². The number of nitrogens with zero attached hydrogens (tertiary/aromatic N) is 5. The lowest BCUT2D eigenvalue weighted by atomic mass is 10.1. The van der Waals surface area contributed by atoms with Crippen LogP contribution in [0, 0.1) is 12.7 Å². The second-order valence-corrected chi connectivity index (χ2v) is 10.8. The number of carbonyl (C=O) groups is 1. The van der Waals surface area contributed by atoms with Crippen LogP contribution < -0.4 is 19.9 Å². The van der Waals surface area contributed by atoms with E-state index in [1.165, 1.54) is 18.3 Å². The molecule has 8 nitrogen and oxygen atoms in total. The normalized spacial score (nSPS) is 17.1.